The number of hydrogen-bond donors (Lipinski definition) is 1. The molecule has 2 rings (SSSR count). The molecule has 1 N–H and O–H groups in total. The van der Waals surface area contributed by atoms with Crippen LogP contribution in [0.4, 0.5) is 5.69 Å². The molecular weight excluding hydrogens is 272 g/mol. The van der Waals surface area contributed by atoms with Gasteiger partial charge in [0.25, 0.3) is 0 Å². The van der Waals surface area contributed by atoms with Crippen LogP contribution in [0.25, 0.3) is 0 Å². The third-order valence-corrected chi connectivity index (χ3v) is 3.18. The number of hydrogen-bond acceptors (Lipinski definition) is 4. The molecule has 0 spiro atoms. The van der Waals surface area contributed by atoms with Crippen LogP contribution in [0.3, 0.4) is 0 Å². The Balaban J connectivity index is 2.01. The highest BCUT2D eigenvalue weighted by Crippen LogP contribution is 2.13. The van der Waals surface area contributed by atoms with E-state index < -0.39 is 17.7 Å². The topological polar surface area (TPSA) is 93.5 Å². The largest absolute Gasteiger partial charge is 0.336 e. The number of piperazine rings is 1. The average molecular weight is 286 g/mol. The van der Waals surface area contributed by atoms with Crippen molar-refractivity contribution < 1.29 is 14.4 Å². The molecule has 1 heterocycles. The second-order valence-corrected chi connectivity index (χ2v) is 4.66. The summed E-state index contributed by atoms with van der Waals surface area (Å²) in [5.41, 5.74) is 0.726. The molecule has 0 saturated carbocycles. The van der Waals surface area contributed by atoms with E-state index in [4.69, 9.17) is 5.26 Å². The van der Waals surface area contributed by atoms with Crippen molar-refractivity contribution >= 4 is 23.4 Å². The second-order valence-electron chi connectivity index (χ2n) is 4.66. The highest BCUT2D eigenvalue weighted by molar-refractivity contribution is 6.35. The molecule has 108 valence electrons. The molecule has 0 unspecified atom stereocenters. The lowest BCUT2D eigenvalue weighted by Gasteiger charge is -2.30. The lowest BCUT2D eigenvalue weighted by Crippen LogP contribution is -2.54. The zero-order valence-corrected chi connectivity index (χ0v) is 11.5. The fourth-order valence-electron chi connectivity index (χ4n) is 1.98. The van der Waals surface area contributed by atoms with Crippen molar-refractivity contribution in [3.63, 3.8) is 0 Å². The van der Waals surface area contributed by atoms with Gasteiger partial charge in [0, 0.05) is 20.1 Å². The van der Waals surface area contributed by atoms with Crippen molar-refractivity contribution in [3.8, 4) is 6.07 Å². The van der Waals surface area contributed by atoms with Gasteiger partial charge in [0.1, 0.15) is 12.6 Å². The molecule has 1 aromatic carbocycles. The molecule has 21 heavy (non-hydrogen) atoms. The maximum atomic E-state index is 11.9. The van der Waals surface area contributed by atoms with E-state index in [0.717, 1.165) is 0 Å². The van der Waals surface area contributed by atoms with Gasteiger partial charge in [-0.1, -0.05) is 12.1 Å². The van der Waals surface area contributed by atoms with Crippen molar-refractivity contribution in [3.05, 3.63) is 29.8 Å². The van der Waals surface area contributed by atoms with Gasteiger partial charge in [0.05, 0.1) is 11.3 Å². The summed E-state index contributed by atoms with van der Waals surface area (Å²) in [5.74, 6) is -1.75. The smallest absolute Gasteiger partial charge is 0.312 e. The summed E-state index contributed by atoms with van der Waals surface area (Å²) in [6.07, 6.45) is 0. The molecule has 0 bridgehead atoms. The maximum absolute atomic E-state index is 11.9. The van der Waals surface area contributed by atoms with Crippen LogP contribution in [0.1, 0.15) is 5.56 Å². The van der Waals surface area contributed by atoms with Crippen LogP contribution < -0.4 is 5.32 Å². The predicted octanol–water partition coefficient (Wildman–Crippen LogP) is -0.203. The van der Waals surface area contributed by atoms with Crippen LogP contribution >= 0.6 is 0 Å². The van der Waals surface area contributed by atoms with Crippen LogP contribution in [-0.4, -0.2) is 54.2 Å². The molecule has 1 aliphatic rings. The number of likely N-dealkylation sites (N-methyl/N-ethyl adjacent to an activating group) is 1. The minimum atomic E-state index is -0.688. The maximum Gasteiger partial charge on any atom is 0.312 e. The Hall–Kier alpha value is -2.88. The van der Waals surface area contributed by atoms with Crippen molar-refractivity contribution in [1.82, 2.24) is 9.80 Å². The first-order valence-corrected chi connectivity index (χ1v) is 6.36. The summed E-state index contributed by atoms with van der Waals surface area (Å²) in [6.45, 7) is 0.499. The summed E-state index contributed by atoms with van der Waals surface area (Å²) >= 11 is 0. The predicted molar refractivity (Wildman–Crippen MR) is 74.0 cm³/mol. The summed E-state index contributed by atoms with van der Waals surface area (Å²) in [5, 5.41) is 11.5. The Morgan fingerprint density at radius 3 is 2.71 bits per heavy atom. The Kier molecular flexibility index (Phi) is 4.18. The van der Waals surface area contributed by atoms with Gasteiger partial charge in [-0.05, 0) is 12.1 Å². The lowest BCUT2D eigenvalue weighted by molar-refractivity contribution is -0.155. The highest BCUT2D eigenvalue weighted by Gasteiger charge is 2.31. The zero-order valence-electron chi connectivity index (χ0n) is 11.5. The van der Waals surface area contributed by atoms with Gasteiger partial charge >= 0.3 is 11.8 Å². The minimum absolute atomic E-state index is 0.210. The van der Waals surface area contributed by atoms with Crippen LogP contribution in [-0.2, 0) is 14.4 Å². The number of nitrogens with zero attached hydrogens (tertiary/aromatic N) is 3. The third kappa shape index (κ3) is 3.17. The zero-order chi connectivity index (χ0) is 15.4. The molecule has 0 atom stereocenters. The molecule has 0 aromatic heterocycles. The molecular formula is C14H14N4O3. The Morgan fingerprint density at radius 2 is 2.00 bits per heavy atom. The quantitative estimate of drug-likeness (QED) is 0.778. The Morgan fingerprint density at radius 1 is 1.29 bits per heavy atom. The standard InChI is InChI=1S/C14H14N4O3/c1-17-6-7-18(14(21)13(17)20)9-12(19)16-11-5-3-2-4-10(11)8-15/h2-5H,6-7,9H2,1H3,(H,16,19). The van der Waals surface area contributed by atoms with E-state index in [1.807, 2.05) is 6.07 Å². The van der Waals surface area contributed by atoms with E-state index in [0.29, 0.717) is 24.3 Å². The SMILES string of the molecule is CN1CCN(CC(=O)Nc2ccccc2C#N)C(=O)C1=O. The fraction of sp³-hybridized carbons (Fsp3) is 0.286. The lowest BCUT2D eigenvalue weighted by atomic mass is 10.2. The molecule has 7 nitrogen and oxygen atoms in total. The first kappa shape index (κ1) is 14.5. The molecule has 1 aromatic rings. The Labute approximate surface area is 121 Å². The van der Waals surface area contributed by atoms with Gasteiger partial charge in [-0.15, -0.1) is 0 Å². The number of para-hydroxylation sites is 1. The van der Waals surface area contributed by atoms with Crippen molar-refractivity contribution in [2.24, 2.45) is 0 Å². The summed E-state index contributed by atoms with van der Waals surface area (Å²) < 4.78 is 0. The molecule has 0 aliphatic carbocycles. The van der Waals surface area contributed by atoms with E-state index in [9.17, 15) is 14.4 Å². The van der Waals surface area contributed by atoms with Crippen LogP contribution in [0.15, 0.2) is 24.3 Å². The van der Waals surface area contributed by atoms with E-state index in [1.54, 1.807) is 31.3 Å². The number of anilines is 1. The number of carbonyl (C=O) groups is 3. The first-order chi connectivity index (χ1) is 10.0. The number of amides is 3. The van der Waals surface area contributed by atoms with Gasteiger partial charge in [-0.3, -0.25) is 14.4 Å². The highest BCUT2D eigenvalue weighted by atomic mass is 16.2. The molecule has 3 amide bonds. The number of nitriles is 1. The van der Waals surface area contributed by atoms with Crippen LogP contribution in [0, 0.1) is 11.3 Å². The van der Waals surface area contributed by atoms with E-state index in [2.05, 4.69) is 5.32 Å². The molecule has 1 aliphatic heterocycles. The van der Waals surface area contributed by atoms with Crippen LogP contribution in [0.2, 0.25) is 0 Å². The first-order valence-electron chi connectivity index (χ1n) is 6.36. The summed E-state index contributed by atoms with van der Waals surface area (Å²) in [6, 6.07) is 8.54. The number of carbonyl (C=O) groups excluding carboxylic acids is 3. The van der Waals surface area contributed by atoms with E-state index >= 15 is 0 Å². The van der Waals surface area contributed by atoms with Crippen molar-refractivity contribution in [2.45, 2.75) is 0 Å². The van der Waals surface area contributed by atoms with E-state index in [1.165, 1.54) is 9.80 Å². The number of rotatable bonds is 3. The van der Waals surface area contributed by atoms with Crippen LogP contribution in [0.5, 0.6) is 0 Å². The Bertz CT molecular complexity index is 635. The van der Waals surface area contributed by atoms with Crippen molar-refractivity contribution in [2.75, 3.05) is 32.0 Å². The second kappa shape index (κ2) is 6.05. The monoisotopic (exact) mass is 286 g/mol. The normalized spacial score (nSPS) is 14.9. The summed E-state index contributed by atoms with van der Waals surface area (Å²) in [4.78, 5) is 37.8. The number of benzene rings is 1. The average Bonchev–Trinajstić information content (AvgIpc) is 2.48. The molecule has 0 radical (unpaired) electrons. The van der Waals surface area contributed by atoms with Crippen molar-refractivity contribution in [1.29, 1.82) is 5.26 Å². The number of nitrogens with one attached hydrogen (secondary N) is 1. The van der Waals surface area contributed by atoms with Gasteiger partial charge in [0.2, 0.25) is 5.91 Å². The third-order valence-electron chi connectivity index (χ3n) is 3.18. The molecule has 7 heteroatoms. The van der Waals surface area contributed by atoms with E-state index in [-0.39, 0.29) is 6.54 Å². The summed E-state index contributed by atoms with van der Waals surface area (Å²) in [7, 11) is 1.54. The van der Waals surface area contributed by atoms with Gasteiger partial charge in [-0.25, -0.2) is 0 Å². The van der Waals surface area contributed by atoms with Gasteiger partial charge < -0.3 is 15.1 Å². The molecule has 1 saturated heterocycles. The minimum Gasteiger partial charge on any atom is -0.336 e. The van der Waals surface area contributed by atoms with Gasteiger partial charge in [0.15, 0.2) is 0 Å². The fourth-order valence-corrected chi connectivity index (χ4v) is 1.98. The molecule has 1 fully saturated rings. The van der Waals surface area contributed by atoms with Gasteiger partial charge in [-0.2, -0.15) is 5.26 Å².